The molecule has 1 aromatic rings. The van der Waals surface area contributed by atoms with Gasteiger partial charge in [0.1, 0.15) is 0 Å². The summed E-state index contributed by atoms with van der Waals surface area (Å²) in [7, 11) is -4.80. The lowest BCUT2D eigenvalue weighted by atomic mass is 10.2. The molecule has 13 heteroatoms. The Bertz CT molecular complexity index is 660. The molecular formula is C6H4N4O8S. The van der Waals surface area contributed by atoms with E-state index < -0.39 is 46.8 Å². The molecule has 0 fully saturated rings. The van der Waals surface area contributed by atoms with Crippen molar-refractivity contribution in [3.05, 3.63) is 42.5 Å². The van der Waals surface area contributed by atoms with Crippen LogP contribution in [-0.4, -0.2) is 23.2 Å². The minimum Gasteiger partial charge on any atom is -0.258 e. The van der Waals surface area contributed by atoms with Gasteiger partial charge in [-0.25, -0.2) is 13.6 Å². The Morgan fingerprint density at radius 3 is 1.47 bits per heavy atom. The van der Waals surface area contributed by atoms with Crippen LogP contribution in [0.25, 0.3) is 0 Å². The molecule has 0 aromatic heterocycles. The van der Waals surface area contributed by atoms with Gasteiger partial charge in [0.15, 0.2) is 0 Å². The maximum Gasteiger partial charge on any atom is 0.303 e. The van der Waals surface area contributed by atoms with E-state index in [-0.39, 0.29) is 12.1 Å². The lowest BCUT2D eigenvalue weighted by Crippen LogP contribution is -2.16. The van der Waals surface area contributed by atoms with Crippen molar-refractivity contribution < 1.29 is 23.2 Å². The smallest absolute Gasteiger partial charge is 0.258 e. The summed E-state index contributed by atoms with van der Waals surface area (Å²) in [6.45, 7) is 0. The first kappa shape index (κ1) is 14.4. The Balaban J connectivity index is 3.93. The molecule has 0 spiro atoms. The molecule has 0 heterocycles. The molecule has 0 radical (unpaired) electrons. The summed E-state index contributed by atoms with van der Waals surface area (Å²) in [5.41, 5.74) is -3.66. The largest absolute Gasteiger partial charge is 0.303 e. The second-order valence-electron chi connectivity index (χ2n) is 3.13. The molecule has 0 aliphatic carbocycles. The number of rotatable bonds is 4. The second kappa shape index (κ2) is 4.54. The van der Waals surface area contributed by atoms with E-state index in [1.807, 2.05) is 0 Å². The molecule has 0 amide bonds. The Labute approximate surface area is 103 Å². The lowest BCUT2D eigenvalue weighted by Gasteiger charge is -2.02. The van der Waals surface area contributed by atoms with Gasteiger partial charge in [0, 0.05) is 0 Å². The van der Waals surface area contributed by atoms with Crippen molar-refractivity contribution in [3.63, 3.8) is 0 Å². The van der Waals surface area contributed by atoms with Crippen LogP contribution in [0.3, 0.4) is 0 Å². The van der Waals surface area contributed by atoms with Crippen LogP contribution in [0.4, 0.5) is 17.1 Å². The standard InChI is InChI=1S/C6H4N4O8S/c7-19(17,18)6-4(9(13)14)1-3(8(11)12)2-5(6)10(15)16/h1-2H,(H2,7,17,18). The van der Waals surface area contributed by atoms with Crippen LogP contribution in [0.1, 0.15) is 0 Å². The fourth-order valence-electron chi connectivity index (χ4n) is 1.25. The summed E-state index contributed by atoms with van der Waals surface area (Å²) in [4.78, 5) is 26.7. The number of benzene rings is 1. The number of nitrogens with two attached hydrogens (primary N) is 1. The number of hydrogen-bond donors (Lipinski definition) is 1. The van der Waals surface area contributed by atoms with Crippen molar-refractivity contribution in [1.82, 2.24) is 0 Å². The van der Waals surface area contributed by atoms with Gasteiger partial charge < -0.3 is 0 Å². The fraction of sp³-hybridized carbons (Fsp3) is 0. The molecule has 12 nitrogen and oxygen atoms in total. The lowest BCUT2D eigenvalue weighted by molar-refractivity contribution is -0.407. The van der Waals surface area contributed by atoms with E-state index in [1.54, 1.807) is 0 Å². The summed E-state index contributed by atoms with van der Waals surface area (Å²) in [6.07, 6.45) is 0. The Morgan fingerprint density at radius 1 is 0.895 bits per heavy atom. The topological polar surface area (TPSA) is 190 Å². The normalized spacial score (nSPS) is 11.0. The van der Waals surface area contributed by atoms with Crippen molar-refractivity contribution in [2.45, 2.75) is 4.90 Å². The highest BCUT2D eigenvalue weighted by molar-refractivity contribution is 7.89. The molecule has 0 saturated heterocycles. The van der Waals surface area contributed by atoms with Gasteiger partial charge in [0.25, 0.3) is 15.7 Å². The second-order valence-corrected chi connectivity index (χ2v) is 4.63. The zero-order chi connectivity index (χ0) is 15.0. The van der Waals surface area contributed by atoms with Crippen LogP contribution in [-0.2, 0) is 10.0 Å². The van der Waals surface area contributed by atoms with E-state index in [0.29, 0.717) is 0 Å². The molecule has 102 valence electrons. The Hall–Kier alpha value is -2.67. The van der Waals surface area contributed by atoms with Crippen molar-refractivity contribution in [2.24, 2.45) is 5.14 Å². The van der Waals surface area contributed by atoms with Crippen LogP contribution >= 0.6 is 0 Å². The average molecular weight is 292 g/mol. The number of nitro benzene ring substituents is 3. The number of hydrogen-bond acceptors (Lipinski definition) is 8. The molecule has 2 N–H and O–H groups in total. The van der Waals surface area contributed by atoms with Crippen LogP contribution in [0.2, 0.25) is 0 Å². The Kier molecular flexibility index (Phi) is 3.44. The molecule has 0 atom stereocenters. The molecule has 19 heavy (non-hydrogen) atoms. The highest BCUT2D eigenvalue weighted by atomic mass is 32.2. The summed E-state index contributed by atoms with van der Waals surface area (Å²) in [5, 5.41) is 36.5. The number of nitro groups is 3. The van der Waals surface area contributed by atoms with Crippen LogP contribution in [0.15, 0.2) is 17.0 Å². The van der Waals surface area contributed by atoms with E-state index in [1.165, 1.54) is 0 Å². The third kappa shape index (κ3) is 2.78. The van der Waals surface area contributed by atoms with Gasteiger partial charge in [-0.2, -0.15) is 0 Å². The molecule has 0 aliphatic rings. The maximum atomic E-state index is 11.2. The van der Waals surface area contributed by atoms with Gasteiger partial charge in [-0.15, -0.1) is 0 Å². The quantitative estimate of drug-likeness (QED) is 0.594. The molecule has 0 aliphatic heterocycles. The van der Waals surface area contributed by atoms with Gasteiger partial charge in [0.2, 0.25) is 4.90 Å². The highest BCUT2D eigenvalue weighted by Gasteiger charge is 2.36. The highest BCUT2D eigenvalue weighted by Crippen LogP contribution is 2.36. The molecule has 1 rings (SSSR count). The number of non-ortho nitro benzene ring substituents is 1. The minimum atomic E-state index is -4.80. The first-order valence-electron chi connectivity index (χ1n) is 4.19. The van der Waals surface area contributed by atoms with E-state index in [4.69, 9.17) is 0 Å². The third-order valence-corrected chi connectivity index (χ3v) is 2.91. The van der Waals surface area contributed by atoms with Gasteiger partial charge in [-0.3, -0.25) is 30.3 Å². The SMILES string of the molecule is NS(=O)(=O)c1c([N+](=O)[O-])cc([N+](=O)[O-])cc1[N+](=O)[O-]. The molecular weight excluding hydrogens is 288 g/mol. The minimum absolute atomic E-state index is 0.284. The van der Waals surface area contributed by atoms with Crippen molar-refractivity contribution >= 4 is 27.1 Å². The van der Waals surface area contributed by atoms with E-state index in [2.05, 4.69) is 5.14 Å². The van der Waals surface area contributed by atoms with Gasteiger partial charge in [-0.1, -0.05) is 0 Å². The van der Waals surface area contributed by atoms with Crippen LogP contribution in [0.5, 0.6) is 0 Å². The summed E-state index contributed by atoms with van der Waals surface area (Å²) in [6, 6.07) is 0.569. The predicted octanol–water partition coefficient (Wildman–Crippen LogP) is 0.0586. The average Bonchev–Trinajstić information content (AvgIpc) is 2.25. The predicted molar refractivity (Wildman–Crippen MR) is 57.8 cm³/mol. The zero-order valence-electron chi connectivity index (χ0n) is 8.75. The maximum absolute atomic E-state index is 11.2. The van der Waals surface area contributed by atoms with Crippen molar-refractivity contribution in [3.8, 4) is 0 Å². The van der Waals surface area contributed by atoms with Crippen LogP contribution < -0.4 is 5.14 Å². The summed E-state index contributed by atoms with van der Waals surface area (Å²) in [5.74, 6) is 0. The number of primary sulfonamides is 1. The van der Waals surface area contributed by atoms with Crippen molar-refractivity contribution in [2.75, 3.05) is 0 Å². The molecule has 0 unspecified atom stereocenters. The summed E-state index contributed by atoms with van der Waals surface area (Å²) >= 11 is 0. The van der Waals surface area contributed by atoms with Crippen LogP contribution in [0, 0.1) is 30.3 Å². The molecule has 1 aromatic carbocycles. The first-order chi connectivity index (χ1) is 8.55. The number of sulfonamides is 1. The van der Waals surface area contributed by atoms with E-state index in [0.717, 1.165) is 0 Å². The molecule has 0 saturated carbocycles. The van der Waals surface area contributed by atoms with Gasteiger partial charge >= 0.3 is 11.4 Å². The zero-order valence-corrected chi connectivity index (χ0v) is 9.56. The Morgan fingerprint density at radius 2 is 1.26 bits per heavy atom. The van der Waals surface area contributed by atoms with Gasteiger partial charge in [-0.05, 0) is 0 Å². The first-order valence-corrected chi connectivity index (χ1v) is 5.74. The summed E-state index contributed by atoms with van der Waals surface area (Å²) < 4.78 is 22.3. The van der Waals surface area contributed by atoms with E-state index in [9.17, 15) is 38.8 Å². The molecule has 0 bridgehead atoms. The monoisotopic (exact) mass is 292 g/mol. The fourth-order valence-corrected chi connectivity index (χ4v) is 2.10. The van der Waals surface area contributed by atoms with E-state index >= 15 is 0 Å². The third-order valence-electron chi connectivity index (χ3n) is 1.92. The number of nitrogens with zero attached hydrogens (tertiary/aromatic N) is 3. The van der Waals surface area contributed by atoms with Gasteiger partial charge in [0.05, 0.1) is 26.9 Å². The van der Waals surface area contributed by atoms with Crippen molar-refractivity contribution in [1.29, 1.82) is 0 Å².